The van der Waals surface area contributed by atoms with Crippen LogP contribution in [0.1, 0.15) is 0 Å². The van der Waals surface area contributed by atoms with Crippen LogP contribution in [0.4, 0.5) is 10.8 Å². The number of imidazole rings is 1. The van der Waals surface area contributed by atoms with Crippen molar-refractivity contribution in [3.05, 3.63) is 30.6 Å². The summed E-state index contributed by atoms with van der Waals surface area (Å²) in [6.07, 6.45) is 2.91. The van der Waals surface area contributed by atoms with Gasteiger partial charge in [0.15, 0.2) is 5.82 Å². The molecule has 0 saturated heterocycles. The third-order valence-corrected chi connectivity index (χ3v) is 4.57. The van der Waals surface area contributed by atoms with Gasteiger partial charge in [0.2, 0.25) is 5.03 Å². The second-order valence-corrected chi connectivity index (χ2v) is 6.11. The zero-order valence-corrected chi connectivity index (χ0v) is 11.5. The first-order valence-electron chi connectivity index (χ1n) is 5.36. The van der Waals surface area contributed by atoms with Gasteiger partial charge in [0, 0.05) is 17.7 Å². The monoisotopic (exact) mass is 311 g/mol. The van der Waals surface area contributed by atoms with E-state index in [1.54, 1.807) is 24.4 Å². The van der Waals surface area contributed by atoms with Crippen LogP contribution in [-0.4, -0.2) is 27.4 Å². The van der Waals surface area contributed by atoms with E-state index in [0.29, 0.717) is 10.6 Å². The smallest absolute Gasteiger partial charge is 0.282 e. The lowest BCUT2D eigenvalue weighted by molar-refractivity contribution is 0.597. The standard InChI is InChI=1S/C9H9N7O2S2/c10-13-8-9(16-4-2-1-3-6(16)12-8)20(17,18)14-7-5-11-15-19-7/h1-5,13-14H,10H2. The Balaban J connectivity index is 2.17. The average molecular weight is 311 g/mol. The van der Waals surface area contributed by atoms with Gasteiger partial charge in [-0.3, -0.25) is 9.12 Å². The van der Waals surface area contributed by atoms with Crippen molar-refractivity contribution in [1.29, 1.82) is 0 Å². The Labute approximate surface area is 117 Å². The molecule has 11 heteroatoms. The van der Waals surface area contributed by atoms with Gasteiger partial charge in [0.1, 0.15) is 10.6 Å². The number of hydrogen-bond donors (Lipinski definition) is 3. The first-order chi connectivity index (χ1) is 9.62. The minimum Gasteiger partial charge on any atom is -0.306 e. The Morgan fingerprint density at radius 2 is 2.20 bits per heavy atom. The van der Waals surface area contributed by atoms with Gasteiger partial charge in [-0.25, -0.2) is 10.8 Å². The summed E-state index contributed by atoms with van der Waals surface area (Å²) in [6.45, 7) is 0. The number of hydrogen-bond acceptors (Lipinski definition) is 8. The summed E-state index contributed by atoms with van der Waals surface area (Å²) in [5, 5.41) is 3.80. The maximum absolute atomic E-state index is 12.4. The number of sulfonamides is 1. The number of nitrogens with two attached hydrogens (primary N) is 1. The predicted octanol–water partition coefficient (Wildman–Crippen LogP) is 0.272. The van der Waals surface area contributed by atoms with E-state index >= 15 is 0 Å². The third-order valence-electron chi connectivity index (χ3n) is 2.47. The first kappa shape index (κ1) is 12.8. The van der Waals surface area contributed by atoms with Crippen LogP contribution in [0, 0.1) is 0 Å². The molecule has 3 heterocycles. The molecule has 0 radical (unpaired) electrons. The van der Waals surface area contributed by atoms with Gasteiger partial charge in [-0.2, -0.15) is 8.42 Å². The molecule has 0 aromatic carbocycles. The first-order valence-corrected chi connectivity index (χ1v) is 7.61. The summed E-state index contributed by atoms with van der Waals surface area (Å²) >= 11 is 0.933. The Morgan fingerprint density at radius 3 is 2.90 bits per heavy atom. The molecule has 0 fully saturated rings. The van der Waals surface area contributed by atoms with E-state index in [9.17, 15) is 8.42 Å². The lowest BCUT2D eigenvalue weighted by Crippen LogP contribution is -2.18. The van der Waals surface area contributed by atoms with E-state index in [1.165, 1.54) is 10.6 Å². The molecule has 0 bridgehead atoms. The van der Waals surface area contributed by atoms with E-state index in [-0.39, 0.29) is 10.8 Å². The summed E-state index contributed by atoms with van der Waals surface area (Å²) in [6, 6.07) is 5.12. The van der Waals surface area contributed by atoms with Crippen LogP contribution in [0.2, 0.25) is 0 Å². The van der Waals surface area contributed by atoms with Gasteiger partial charge in [-0.1, -0.05) is 10.6 Å². The van der Waals surface area contributed by atoms with Crippen LogP contribution >= 0.6 is 11.5 Å². The second-order valence-electron chi connectivity index (χ2n) is 3.73. The summed E-state index contributed by atoms with van der Waals surface area (Å²) in [7, 11) is -3.87. The van der Waals surface area contributed by atoms with Crippen molar-refractivity contribution in [2.45, 2.75) is 5.03 Å². The molecule has 0 aliphatic rings. The minimum atomic E-state index is -3.87. The van der Waals surface area contributed by atoms with Crippen LogP contribution in [0.3, 0.4) is 0 Å². The number of aromatic nitrogens is 4. The number of nitrogens with zero attached hydrogens (tertiary/aromatic N) is 4. The molecule has 0 spiro atoms. The highest BCUT2D eigenvalue weighted by atomic mass is 32.2. The minimum absolute atomic E-state index is 0.0566. The van der Waals surface area contributed by atoms with Gasteiger partial charge >= 0.3 is 0 Å². The number of nitrogen functional groups attached to an aromatic ring is 1. The van der Waals surface area contributed by atoms with Crippen molar-refractivity contribution < 1.29 is 8.42 Å². The zero-order chi connectivity index (χ0) is 14.2. The van der Waals surface area contributed by atoms with E-state index in [4.69, 9.17) is 5.84 Å². The quantitative estimate of drug-likeness (QED) is 0.466. The van der Waals surface area contributed by atoms with Gasteiger partial charge < -0.3 is 5.43 Å². The highest BCUT2D eigenvalue weighted by Gasteiger charge is 2.25. The fraction of sp³-hybridized carbons (Fsp3) is 0. The largest absolute Gasteiger partial charge is 0.306 e. The molecule has 104 valence electrons. The summed E-state index contributed by atoms with van der Waals surface area (Å²) in [5.41, 5.74) is 2.75. The molecule has 0 aliphatic heterocycles. The van der Waals surface area contributed by atoms with Crippen LogP contribution in [0.25, 0.3) is 5.65 Å². The van der Waals surface area contributed by atoms with Crippen molar-refractivity contribution in [1.82, 2.24) is 19.0 Å². The lowest BCUT2D eigenvalue weighted by atomic mass is 10.5. The molecule has 20 heavy (non-hydrogen) atoms. The Bertz CT molecular complexity index is 840. The number of pyridine rings is 1. The Hall–Kier alpha value is -2.24. The molecule has 4 N–H and O–H groups in total. The second kappa shape index (κ2) is 4.70. The maximum Gasteiger partial charge on any atom is 0.282 e. The van der Waals surface area contributed by atoms with Crippen molar-refractivity contribution >= 4 is 38.0 Å². The normalized spacial score (nSPS) is 11.7. The topological polar surface area (TPSA) is 127 Å². The van der Waals surface area contributed by atoms with Crippen LogP contribution < -0.4 is 16.0 Å². The summed E-state index contributed by atoms with van der Waals surface area (Å²) in [4.78, 5) is 4.11. The van der Waals surface area contributed by atoms with Crippen molar-refractivity contribution in [2.24, 2.45) is 5.84 Å². The molecule has 3 aromatic rings. The maximum atomic E-state index is 12.4. The zero-order valence-electron chi connectivity index (χ0n) is 9.89. The number of rotatable bonds is 4. The Morgan fingerprint density at radius 1 is 1.35 bits per heavy atom. The molecule has 0 saturated carbocycles. The number of hydrazine groups is 1. The predicted molar refractivity (Wildman–Crippen MR) is 73.7 cm³/mol. The van der Waals surface area contributed by atoms with Gasteiger partial charge in [0.25, 0.3) is 10.0 Å². The van der Waals surface area contributed by atoms with E-state index in [1.807, 2.05) is 0 Å². The molecular formula is C9H9N7O2S2. The summed E-state index contributed by atoms with van der Waals surface area (Å²) < 4.78 is 32.3. The van der Waals surface area contributed by atoms with Crippen LogP contribution in [0.5, 0.6) is 0 Å². The van der Waals surface area contributed by atoms with Crippen LogP contribution in [-0.2, 0) is 10.0 Å². The average Bonchev–Trinajstić information content (AvgIpc) is 3.04. The van der Waals surface area contributed by atoms with Gasteiger partial charge in [-0.15, -0.1) is 5.10 Å². The molecule has 0 aliphatic carbocycles. The molecule has 0 amide bonds. The highest BCUT2D eigenvalue weighted by molar-refractivity contribution is 7.93. The third kappa shape index (κ3) is 2.07. The Kier molecular flexibility index (Phi) is 3.00. The number of nitrogens with one attached hydrogen (secondary N) is 2. The SMILES string of the molecule is NNc1nc2ccccn2c1S(=O)(=O)Nc1cnns1. The fourth-order valence-corrected chi connectivity index (χ4v) is 3.66. The molecule has 0 unspecified atom stereocenters. The number of fused-ring (bicyclic) bond motifs is 1. The van der Waals surface area contributed by atoms with E-state index in [2.05, 4.69) is 24.7 Å². The van der Waals surface area contributed by atoms with Crippen molar-refractivity contribution in [2.75, 3.05) is 10.1 Å². The van der Waals surface area contributed by atoms with Crippen molar-refractivity contribution in [3.8, 4) is 0 Å². The molecule has 0 atom stereocenters. The molecule has 3 aromatic heterocycles. The lowest BCUT2D eigenvalue weighted by Gasteiger charge is -2.06. The molecular weight excluding hydrogens is 302 g/mol. The highest BCUT2D eigenvalue weighted by Crippen LogP contribution is 2.24. The fourth-order valence-electron chi connectivity index (χ4n) is 1.72. The van der Waals surface area contributed by atoms with E-state index < -0.39 is 10.0 Å². The van der Waals surface area contributed by atoms with Gasteiger partial charge in [0.05, 0.1) is 6.20 Å². The summed E-state index contributed by atoms with van der Waals surface area (Å²) in [5.74, 6) is 5.40. The number of anilines is 2. The van der Waals surface area contributed by atoms with Crippen molar-refractivity contribution in [3.63, 3.8) is 0 Å². The molecule has 9 nitrogen and oxygen atoms in total. The van der Waals surface area contributed by atoms with Crippen LogP contribution in [0.15, 0.2) is 35.6 Å². The van der Waals surface area contributed by atoms with Gasteiger partial charge in [-0.05, 0) is 12.1 Å². The van der Waals surface area contributed by atoms with E-state index in [0.717, 1.165) is 11.5 Å². The molecule has 3 rings (SSSR count).